The second kappa shape index (κ2) is 5.76. The molecule has 4 nitrogen and oxygen atoms in total. The van der Waals surface area contributed by atoms with E-state index in [1.165, 1.54) is 17.8 Å². The van der Waals surface area contributed by atoms with E-state index in [1.54, 1.807) is 18.2 Å². The summed E-state index contributed by atoms with van der Waals surface area (Å²) >= 11 is 1.39. The van der Waals surface area contributed by atoms with Crippen molar-refractivity contribution in [3.05, 3.63) is 59.2 Å². The zero-order valence-electron chi connectivity index (χ0n) is 11.1. The topological polar surface area (TPSA) is 61.7 Å². The molecule has 0 radical (unpaired) electrons. The van der Waals surface area contributed by atoms with E-state index >= 15 is 0 Å². The maximum absolute atomic E-state index is 13.2. The van der Waals surface area contributed by atoms with Gasteiger partial charge in [-0.25, -0.2) is 8.78 Å². The number of hydrogen-bond donors (Lipinski definition) is 2. The van der Waals surface area contributed by atoms with E-state index in [0.717, 1.165) is 12.1 Å². The van der Waals surface area contributed by atoms with Gasteiger partial charge >= 0.3 is 0 Å². The fraction of sp³-hybridized carbons (Fsp3) is 0.0667. The first-order valence-electron chi connectivity index (χ1n) is 6.33. The smallest absolute Gasteiger partial charge is 0.256 e. The number of hydrogen-bond acceptors (Lipinski definition) is 4. The van der Waals surface area contributed by atoms with E-state index in [1.807, 2.05) is 0 Å². The van der Waals surface area contributed by atoms with Gasteiger partial charge in [-0.2, -0.15) is 0 Å². The van der Waals surface area contributed by atoms with Crippen LogP contribution in [0.3, 0.4) is 0 Å². The first-order chi connectivity index (χ1) is 10.6. The van der Waals surface area contributed by atoms with Gasteiger partial charge in [-0.1, -0.05) is 17.3 Å². The van der Waals surface area contributed by atoms with Crippen LogP contribution in [0, 0.1) is 11.6 Å². The highest BCUT2D eigenvalue weighted by Crippen LogP contribution is 2.35. The number of nitrogens with one attached hydrogen (secondary N) is 1. The lowest BCUT2D eigenvalue weighted by Gasteiger charge is -2.09. The van der Waals surface area contributed by atoms with Gasteiger partial charge in [-0.05, 0) is 18.2 Å². The number of anilines is 1. The Hall–Kier alpha value is -2.41. The molecule has 2 aromatic carbocycles. The predicted octanol–water partition coefficient (Wildman–Crippen LogP) is 3.50. The molecule has 0 atom stereocenters. The third-order valence-electron chi connectivity index (χ3n) is 3.22. The average molecular weight is 320 g/mol. The van der Waals surface area contributed by atoms with Gasteiger partial charge in [0.2, 0.25) is 0 Å². The van der Waals surface area contributed by atoms with E-state index < -0.39 is 17.5 Å². The van der Waals surface area contributed by atoms with Crippen LogP contribution in [0.4, 0.5) is 14.5 Å². The zero-order chi connectivity index (χ0) is 15.7. The number of amides is 1. The third kappa shape index (κ3) is 2.55. The Morgan fingerprint density at radius 2 is 2.05 bits per heavy atom. The van der Waals surface area contributed by atoms with Gasteiger partial charge in [-0.3, -0.25) is 4.79 Å². The highest BCUT2D eigenvalue weighted by Gasteiger charge is 2.24. The molecule has 7 heteroatoms. The monoisotopic (exact) mass is 320 g/mol. The number of carbonyl (C=O) groups is 1. The summed E-state index contributed by atoms with van der Waals surface area (Å²) in [6.45, 7) is 0. The quantitative estimate of drug-likeness (QED) is 0.657. The molecule has 0 aromatic heterocycles. The number of fused-ring (bicyclic) bond motifs is 1. The zero-order valence-corrected chi connectivity index (χ0v) is 12.0. The standard InChI is InChI=1S/C15H10F2N2O2S/c16-11-5-4-8(6-12(11)17)18-15(20)10-3-1-2-9-13(19-21)7-22-14(9)10/h1-6,21H,7H2,(H,18,20)/b19-13+. The Bertz CT molecular complexity index is 793. The molecule has 1 aliphatic heterocycles. The highest BCUT2D eigenvalue weighted by molar-refractivity contribution is 8.00. The molecule has 0 saturated heterocycles. The molecule has 0 unspecified atom stereocenters. The van der Waals surface area contributed by atoms with Crippen molar-refractivity contribution in [2.75, 3.05) is 11.1 Å². The lowest BCUT2D eigenvalue weighted by molar-refractivity contribution is 0.102. The summed E-state index contributed by atoms with van der Waals surface area (Å²) in [6.07, 6.45) is 0. The molecular weight excluding hydrogens is 310 g/mol. The summed E-state index contributed by atoms with van der Waals surface area (Å²) in [7, 11) is 0. The maximum Gasteiger partial charge on any atom is 0.256 e. The summed E-state index contributed by atoms with van der Waals surface area (Å²) in [5.41, 5.74) is 1.76. The van der Waals surface area contributed by atoms with Crippen LogP contribution in [0.15, 0.2) is 46.4 Å². The maximum atomic E-state index is 13.2. The van der Waals surface area contributed by atoms with Crippen LogP contribution in [0.1, 0.15) is 15.9 Å². The molecule has 0 bridgehead atoms. The number of oxime groups is 1. The van der Waals surface area contributed by atoms with Gasteiger partial charge < -0.3 is 10.5 Å². The van der Waals surface area contributed by atoms with Crippen molar-refractivity contribution < 1.29 is 18.8 Å². The van der Waals surface area contributed by atoms with Gasteiger partial charge in [-0.15, -0.1) is 11.8 Å². The van der Waals surface area contributed by atoms with Gasteiger partial charge in [0.25, 0.3) is 5.91 Å². The van der Waals surface area contributed by atoms with Crippen molar-refractivity contribution in [3.8, 4) is 0 Å². The minimum Gasteiger partial charge on any atom is -0.411 e. The van der Waals surface area contributed by atoms with E-state index in [-0.39, 0.29) is 5.69 Å². The van der Waals surface area contributed by atoms with Crippen LogP contribution in [-0.2, 0) is 0 Å². The number of thioether (sulfide) groups is 1. The molecule has 1 aliphatic rings. The van der Waals surface area contributed by atoms with E-state index in [2.05, 4.69) is 10.5 Å². The number of halogens is 2. The first kappa shape index (κ1) is 14.5. The second-order valence-electron chi connectivity index (χ2n) is 4.60. The SMILES string of the molecule is O=C(Nc1ccc(F)c(F)c1)c1cccc2c1SC/C2=N\O. The number of rotatable bonds is 2. The molecule has 0 fully saturated rings. The van der Waals surface area contributed by atoms with Crippen molar-refractivity contribution in [2.24, 2.45) is 5.16 Å². The lowest BCUT2D eigenvalue weighted by atomic mass is 10.1. The lowest BCUT2D eigenvalue weighted by Crippen LogP contribution is -2.13. The third-order valence-corrected chi connectivity index (χ3v) is 4.37. The van der Waals surface area contributed by atoms with Gasteiger partial charge in [0.15, 0.2) is 11.6 Å². The van der Waals surface area contributed by atoms with E-state index in [9.17, 15) is 13.6 Å². The second-order valence-corrected chi connectivity index (χ2v) is 5.59. The van der Waals surface area contributed by atoms with Crippen LogP contribution in [0.2, 0.25) is 0 Å². The van der Waals surface area contributed by atoms with Gasteiger partial charge in [0.1, 0.15) is 0 Å². The van der Waals surface area contributed by atoms with E-state index in [4.69, 9.17) is 5.21 Å². The summed E-state index contributed by atoms with van der Waals surface area (Å²) in [5, 5.41) is 14.7. The Labute approximate surface area is 128 Å². The summed E-state index contributed by atoms with van der Waals surface area (Å²) < 4.78 is 26.1. The largest absolute Gasteiger partial charge is 0.411 e. The van der Waals surface area contributed by atoms with Gasteiger partial charge in [0, 0.05) is 28.0 Å². The molecule has 0 saturated carbocycles. The van der Waals surface area contributed by atoms with Crippen LogP contribution in [-0.4, -0.2) is 22.6 Å². The van der Waals surface area contributed by atoms with Crippen molar-refractivity contribution >= 4 is 29.1 Å². The van der Waals surface area contributed by atoms with Crippen molar-refractivity contribution in [3.63, 3.8) is 0 Å². The van der Waals surface area contributed by atoms with Crippen molar-refractivity contribution in [1.29, 1.82) is 0 Å². The molecule has 1 amide bonds. The number of nitrogens with zero attached hydrogens (tertiary/aromatic N) is 1. The molecule has 2 aromatic rings. The normalized spacial score (nSPS) is 14.9. The van der Waals surface area contributed by atoms with Crippen LogP contribution < -0.4 is 5.32 Å². The van der Waals surface area contributed by atoms with E-state index in [0.29, 0.717) is 27.5 Å². The number of carbonyl (C=O) groups excluding carboxylic acids is 1. The van der Waals surface area contributed by atoms with Crippen molar-refractivity contribution in [2.45, 2.75) is 4.90 Å². The minimum absolute atomic E-state index is 0.167. The Morgan fingerprint density at radius 1 is 1.23 bits per heavy atom. The van der Waals surface area contributed by atoms with Crippen molar-refractivity contribution in [1.82, 2.24) is 0 Å². The highest BCUT2D eigenvalue weighted by atomic mass is 32.2. The molecular formula is C15H10F2N2O2S. The fourth-order valence-electron chi connectivity index (χ4n) is 2.17. The molecule has 3 rings (SSSR count). The summed E-state index contributed by atoms with van der Waals surface area (Å²) in [4.78, 5) is 13.0. The predicted molar refractivity (Wildman–Crippen MR) is 79.8 cm³/mol. The van der Waals surface area contributed by atoms with Crippen LogP contribution >= 0.6 is 11.8 Å². The molecule has 0 aliphatic carbocycles. The van der Waals surface area contributed by atoms with Crippen LogP contribution in [0.25, 0.3) is 0 Å². The minimum atomic E-state index is -1.03. The molecule has 112 valence electrons. The molecule has 22 heavy (non-hydrogen) atoms. The Balaban J connectivity index is 1.90. The molecule has 1 heterocycles. The van der Waals surface area contributed by atoms with Gasteiger partial charge in [0.05, 0.1) is 11.3 Å². The molecule has 2 N–H and O–H groups in total. The number of benzene rings is 2. The van der Waals surface area contributed by atoms with Crippen LogP contribution in [0.5, 0.6) is 0 Å². The average Bonchev–Trinajstić information content (AvgIpc) is 2.94. The molecule has 0 spiro atoms. The fourth-order valence-corrected chi connectivity index (χ4v) is 3.32. The first-order valence-corrected chi connectivity index (χ1v) is 7.32. The Morgan fingerprint density at radius 3 is 2.77 bits per heavy atom. The summed E-state index contributed by atoms with van der Waals surface area (Å²) in [5.74, 6) is -1.96. The Kier molecular flexibility index (Phi) is 3.81. The summed E-state index contributed by atoms with van der Waals surface area (Å²) in [6, 6.07) is 8.22.